The van der Waals surface area contributed by atoms with Crippen molar-refractivity contribution in [1.82, 2.24) is 18.9 Å². The van der Waals surface area contributed by atoms with Crippen LogP contribution in [0.5, 0.6) is 0 Å². The van der Waals surface area contributed by atoms with Crippen LogP contribution in [0.4, 0.5) is 0 Å². The molecule has 0 saturated carbocycles. The van der Waals surface area contributed by atoms with Crippen molar-refractivity contribution in [2.24, 2.45) is 0 Å². The molecule has 2 aliphatic heterocycles. The van der Waals surface area contributed by atoms with Crippen molar-refractivity contribution in [3.63, 3.8) is 0 Å². The van der Waals surface area contributed by atoms with Gasteiger partial charge in [0.25, 0.3) is 11.8 Å². The van der Waals surface area contributed by atoms with E-state index < -0.39 is 0 Å². The Kier molecular flexibility index (Phi) is 5.95. The molecule has 1 atom stereocenters. The van der Waals surface area contributed by atoms with Gasteiger partial charge in [-0.2, -0.15) is 0 Å². The van der Waals surface area contributed by atoms with Crippen molar-refractivity contribution >= 4 is 44.8 Å². The second-order valence-corrected chi connectivity index (χ2v) is 10.3. The number of ether oxygens (including phenoxy) is 1. The van der Waals surface area contributed by atoms with Crippen molar-refractivity contribution < 1.29 is 14.3 Å². The van der Waals surface area contributed by atoms with E-state index in [2.05, 4.69) is 39.2 Å². The standard InChI is InChI=1S/C31H32N4O3/c1-20(32(2)3)17-21-13-14-34-18-24(22-9-5-7-11-26(22)34)28-29(31(37)33(4)30(28)36)25-19-35(15-16-38-21)27-12-8-6-10-23(25)27/h5-12,17-19,21H,13-16H2,1-4H3/b20-17+/t21-/m0/s1. The fourth-order valence-corrected chi connectivity index (χ4v) is 5.60. The Hall–Kier alpha value is -4.10. The van der Waals surface area contributed by atoms with E-state index in [0.29, 0.717) is 24.3 Å². The van der Waals surface area contributed by atoms with Crippen LogP contribution in [0.1, 0.15) is 24.5 Å². The summed E-state index contributed by atoms with van der Waals surface area (Å²) < 4.78 is 10.8. The van der Waals surface area contributed by atoms with E-state index in [1.165, 1.54) is 4.90 Å². The second kappa shape index (κ2) is 9.33. The van der Waals surface area contributed by atoms with Gasteiger partial charge >= 0.3 is 0 Å². The summed E-state index contributed by atoms with van der Waals surface area (Å²) >= 11 is 0. The topological polar surface area (TPSA) is 59.7 Å². The van der Waals surface area contributed by atoms with E-state index in [9.17, 15) is 9.59 Å². The van der Waals surface area contributed by atoms with Gasteiger partial charge in [-0.3, -0.25) is 14.5 Å². The largest absolute Gasteiger partial charge is 0.381 e. The number of benzene rings is 2. The van der Waals surface area contributed by atoms with Crippen LogP contribution in [0.3, 0.4) is 0 Å². The van der Waals surface area contributed by atoms with Crippen LogP contribution < -0.4 is 0 Å². The van der Waals surface area contributed by atoms with Gasteiger partial charge in [-0.05, 0) is 31.6 Å². The first-order valence-corrected chi connectivity index (χ1v) is 13.1. The molecule has 2 aromatic carbocycles. The maximum atomic E-state index is 13.6. The number of imide groups is 1. The van der Waals surface area contributed by atoms with Crippen LogP contribution in [-0.2, 0) is 27.4 Å². The number of likely N-dealkylation sites (N-methyl/N-ethyl adjacent to an activating group) is 1. The Bertz CT molecular complexity index is 1650. The van der Waals surface area contributed by atoms with Gasteiger partial charge in [0.15, 0.2) is 0 Å². The fourth-order valence-electron chi connectivity index (χ4n) is 5.60. The summed E-state index contributed by atoms with van der Waals surface area (Å²) in [5.74, 6) is -0.528. The third kappa shape index (κ3) is 3.85. The van der Waals surface area contributed by atoms with E-state index in [0.717, 1.165) is 51.6 Å². The van der Waals surface area contributed by atoms with Crippen molar-refractivity contribution in [3.05, 3.63) is 83.8 Å². The molecule has 4 aromatic rings. The zero-order valence-electron chi connectivity index (χ0n) is 22.3. The first-order chi connectivity index (χ1) is 18.3. The molecule has 7 nitrogen and oxygen atoms in total. The lowest BCUT2D eigenvalue weighted by atomic mass is 9.95. The molecule has 2 amide bonds. The van der Waals surface area contributed by atoms with Gasteiger partial charge in [0, 0.05) is 85.3 Å². The molecule has 0 N–H and O–H groups in total. The summed E-state index contributed by atoms with van der Waals surface area (Å²) in [6.07, 6.45) is 6.94. The number of fused-ring (bicyclic) bond motifs is 12. The predicted molar refractivity (Wildman–Crippen MR) is 150 cm³/mol. The molecule has 7 heteroatoms. The molecule has 0 saturated heterocycles. The summed E-state index contributed by atoms with van der Waals surface area (Å²) in [4.78, 5) is 30.6. The summed E-state index contributed by atoms with van der Waals surface area (Å²) in [5, 5.41) is 1.92. The average molecular weight is 509 g/mol. The minimum absolute atomic E-state index is 0.0677. The molecule has 4 heterocycles. The van der Waals surface area contributed by atoms with E-state index in [4.69, 9.17) is 4.74 Å². The summed E-state index contributed by atoms with van der Waals surface area (Å²) in [6, 6.07) is 16.2. The van der Waals surface area contributed by atoms with Gasteiger partial charge in [-0.1, -0.05) is 36.4 Å². The normalized spacial score (nSPS) is 18.9. The maximum Gasteiger partial charge on any atom is 0.261 e. The highest BCUT2D eigenvalue weighted by Crippen LogP contribution is 2.41. The minimum atomic E-state index is -0.266. The van der Waals surface area contributed by atoms with Crippen molar-refractivity contribution in [2.75, 3.05) is 27.7 Å². The minimum Gasteiger partial charge on any atom is -0.381 e. The molecule has 194 valence electrons. The molecule has 0 aliphatic carbocycles. The number of para-hydroxylation sites is 2. The zero-order valence-corrected chi connectivity index (χ0v) is 22.3. The number of hydrogen-bond acceptors (Lipinski definition) is 4. The SMILES string of the molecule is C/C(=C\[C@@H]1CCn2cc(c3ccccc32)C2=C(C(=O)N(C)C2=O)c2cn(c3ccccc23)CCO1)N(C)C. The molecule has 0 fully saturated rings. The number of aromatic nitrogens is 2. The monoisotopic (exact) mass is 508 g/mol. The Balaban J connectivity index is 1.62. The predicted octanol–water partition coefficient (Wildman–Crippen LogP) is 4.76. The maximum absolute atomic E-state index is 13.6. The molecular formula is C31H32N4O3. The molecule has 2 aliphatic rings. The Morgan fingerprint density at radius 2 is 1.39 bits per heavy atom. The Morgan fingerprint density at radius 1 is 0.868 bits per heavy atom. The third-order valence-electron chi connectivity index (χ3n) is 7.85. The highest BCUT2D eigenvalue weighted by Gasteiger charge is 2.39. The van der Waals surface area contributed by atoms with Gasteiger partial charge in [0.2, 0.25) is 0 Å². The highest BCUT2D eigenvalue weighted by atomic mass is 16.5. The number of carbonyl (C=O) groups is 2. The van der Waals surface area contributed by atoms with Crippen molar-refractivity contribution in [3.8, 4) is 0 Å². The molecule has 2 aromatic heterocycles. The lowest BCUT2D eigenvalue weighted by molar-refractivity contribution is -0.134. The van der Waals surface area contributed by atoms with E-state index in [-0.39, 0.29) is 17.9 Å². The molecule has 38 heavy (non-hydrogen) atoms. The number of amides is 2. The number of rotatable bonds is 2. The fraction of sp³-hybridized carbons (Fsp3) is 0.290. The average Bonchev–Trinajstić information content (AvgIpc) is 3.53. The van der Waals surface area contributed by atoms with Gasteiger partial charge < -0.3 is 18.8 Å². The van der Waals surface area contributed by atoms with Gasteiger partial charge in [-0.25, -0.2) is 0 Å². The summed E-state index contributed by atoms with van der Waals surface area (Å²) in [5.41, 5.74) is 5.72. The lowest BCUT2D eigenvalue weighted by Crippen LogP contribution is -2.26. The van der Waals surface area contributed by atoms with Gasteiger partial charge in [0.05, 0.1) is 23.9 Å². The summed E-state index contributed by atoms with van der Waals surface area (Å²) in [7, 11) is 5.65. The smallest absolute Gasteiger partial charge is 0.261 e. The Morgan fingerprint density at radius 3 is 1.95 bits per heavy atom. The van der Waals surface area contributed by atoms with E-state index >= 15 is 0 Å². The van der Waals surface area contributed by atoms with Gasteiger partial charge in [-0.15, -0.1) is 0 Å². The number of hydrogen-bond donors (Lipinski definition) is 0. The molecule has 0 unspecified atom stereocenters. The zero-order chi connectivity index (χ0) is 26.6. The van der Waals surface area contributed by atoms with Crippen LogP contribution in [0.25, 0.3) is 33.0 Å². The molecule has 0 spiro atoms. The van der Waals surface area contributed by atoms with Gasteiger partial charge in [0.1, 0.15) is 0 Å². The molecule has 4 bridgehead atoms. The lowest BCUT2D eigenvalue weighted by Gasteiger charge is -2.20. The first-order valence-electron chi connectivity index (χ1n) is 13.1. The van der Waals surface area contributed by atoms with Crippen molar-refractivity contribution in [1.29, 1.82) is 0 Å². The van der Waals surface area contributed by atoms with Crippen LogP contribution in [0.2, 0.25) is 0 Å². The van der Waals surface area contributed by atoms with Crippen LogP contribution in [0.15, 0.2) is 72.7 Å². The van der Waals surface area contributed by atoms with Crippen molar-refractivity contribution in [2.45, 2.75) is 32.5 Å². The molecule has 0 radical (unpaired) electrons. The number of aryl methyl sites for hydroxylation is 1. The van der Waals surface area contributed by atoms with Crippen LogP contribution in [-0.4, -0.2) is 64.6 Å². The van der Waals surface area contributed by atoms with Crippen LogP contribution >= 0.6 is 0 Å². The van der Waals surface area contributed by atoms with Crippen LogP contribution in [0, 0.1) is 0 Å². The third-order valence-corrected chi connectivity index (χ3v) is 7.85. The summed E-state index contributed by atoms with van der Waals surface area (Å²) in [6.45, 7) is 3.97. The quantitative estimate of drug-likeness (QED) is 0.367. The second-order valence-electron chi connectivity index (χ2n) is 10.3. The number of nitrogens with zero attached hydrogens (tertiary/aromatic N) is 4. The highest BCUT2D eigenvalue weighted by molar-refractivity contribution is 6.50. The molecular weight excluding hydrogens is 476 g/mol. The van der Waals surface area contributed by atoms with E-state index in [1.807, 2.05) is 62.9 Å². The number of allylic oxidation sites excluding steroid dienone is 1. The first kappa shape index (κ1) is 24.2. The Labute approximate surface area is 222 Å². The number of carbonyl (C=O) groups excluding carboxylic acids is 2. The molecule has 6 rings (SSSR count). The van der Waals surface area contributed by atoms with E-state index in [1.54, 1.807) is 7.05 Å².